The zero-order valence-electron chi connectivity index (χ0n) is 8.42. The number of rotatable bonds is 2. The molecule has 0 aromatic heterocycles. The number of nitrogens with one attached hydrogen (secondary N) is 1. The largest absolute Gasteiger partial charge is 0.307 e. The van der Waals surface area contributed by atoms with Gasteiger partial charge < -0.3 is 5.32 Å². The van der Waals surface area contributed by atoms with Gasteiger partial charge in [-0.3, -0.25) is 4.79 Å². The molecule has 1 aromatic carbocycles. The van der Waals surface area contributed by atoms with Crippen molar-refractivity contribution in [1.82, 2.24) is 5.32 Å². The maximum absolute atomic E-state index is 11.9. The quantitative estimate of drug-likeness (QED) is 0.720. The highest BCUT2D eigenvalue weighted by atomic mass is 16.1. The SMILES string of the molecule is Cc1cccc(C(=O)[C@H]2CCCN2)c1. The summed E-state index contributed by atoms with van der Waals surface area (Å²) in [5.74, 6) is 0.242. The molecule has 1 saturated heterocycles. The van der Waals surface area contributed by atoms with Crippen molar-refractivity contribution in [2.45, 2.75) is 25.8 Å². The maximum atomic E-state index is 11.9. The average molecular weight is 189 g/mol. The van der Waals surface area contributed by atoms with Gasteiger partial charge in [-0.05, 0) is 32.4 Å². The highest BCUT2D eigenvalue weighted by Gasteiger charge is 2.22. The number of carbonyl (C=O) groups is 1. The molecule has 1 aliphatic heterocycles. The summed E-state index contributed by atoms with van der Waals surface area (Å²) in [6.07, 6.45) is 2.09. The molecule has 2 rings (SSSR count). The van der Waals surface area contributed by atoms with Gasteiger partial charge in [0, 0.05) is 5.56 Å². The number of carbonyl (C=O) groups excluding carboxylic acids is 1. The molecule has 1 aromatic rings. The topological polar surface area (TPSA) is 29.1 Å². The molecule has 1 N–H and O–H groups in total. The minimum absolute atomic E-state index is 0.0526. The summed E-state index contributed by atoms with van der Waals surface area (Å²) in [6, 6.07) is 7.87. The first kappa shape index (κ1) is 9.41. The molecule has 0 amide bonds. The molecular weight excluding hydrogens is 174 g/mol. The number of aryl methyl sites for hydroxylation is 1. The third kappa shape index (κ3) is 1.85. The Kier molecular flexibility index (Phi) is 2.64. The molecule has 0 aliphatic carbocycles. The summed E-state index contributed by atoms with van der Waals surface area (Å²) in [7, 11) is 0. The predicted molar refractivity (Wildman–Crippen MR) is 56.5 cm³/mol. The van der Waals surface area contributed by atoms with Crippen LogP contribution in [0.2, 0.25) is 0 Å². The fourth-order valence-corrected chi connectivity index (χ4v) is 1.91. The molecule has 2 heteroatoms. The van der Waals surface area contributed by atoms with Crippen molar-refractivity contribution in [2.75, 3.05) is 6.54 Å². The molecule has 0 bridgehead atoms. The summed E-state index contributed by atoms with van der Waals surface area (Å²) >= 11 is 0. The van der Waals surface area contributed by atoms with Crippen molar-refractivity contribution in [1.29, 1.82) is 0 Å². The molecule has 1 fully saturated rings. The molecule has 0 saturated carbocycles. The predicted octanol–water partition coefficient (Wildman–Crippen LogP) is 1.93. The molecule has 14 heavy (non-hydrogen) atoms. The zero-order valence-corrected chi connectivity index (χ0v) is 8.42. The number of Topliss-reactive ketones (excluding diaryl/α,β-unsaturated/α-hetero) is 1. The van der Waals surface area contributed by atoms with Gasteiger partial charge in [0.2, 0.25) is 0 Å². The first-order valence-electron chi connectivity index (χ1n) is 5.11. The van der Waals surface area contributed by atoms with Gasteiger partial charge in [0.05, 0.1) is 6.04 Å². The van der Waals surface area contributed by atoms with Crippen LogP contribution in [0.15, 0.2) is 24.3 Å². The van der Waals surface area contributed by atoms with E-state index in [-0.39, 0.29) is 11.8 Å². The first-order chi connectivity index (χ1) is 6.77. The third-order valence-corrected chi connectivity index (χ3v) is 2.68. The van der Waals surface area contributed by atoms with Gasteiger partial charge in [0.15, 0.2) is 5.78 Å². The zero-order chi connectivity index (χ0) is 9.97. The fraction of sp³-hybridized carbons (Fsp3) is 0.417. The number of hydrogen-bond donors (Lipinski definition) is 1. The molecule has 1 atom stereocenters. The van der Waals surface area contributed by atoms with Crippen molar-refractivity contribution >= 4 is 5.78 Å². The van der Waals surface area contributed by atoms with Crippen LogP contribution in [0.1, 0.15) is 28.8 Å². The van der Waals surface area contributed by atoms with Crippen molar-refractivity contribution < 1.29 is 4.79 Å². The van der Waals surface area contributed by atoms with E-state index in [1.54, 1.807) is 0 Å². The number of ketones is 1. The lowest BCUT2D eigenvalue weighted by Gasteiger charge is -2.08. The summed E-state index contributed by atoms with van der Waals surface area (Å²) < 4.78 is 0. The molecule has 0 radical (unpaired) electrons. The molecule has 74 valence electrons. The van der Waals surface area contributed by atoms with E-state index in [2.05, 4.69) is 5.32 Å². The molecule has 1 aliphatic rings. The van der Waals surface area contributed by atoms with Gasteiger partial charge in [0.25, 0.3) is 0 Å². The Bertz CT molecular complexity index is 340. The van der Waals surface area contributed by atoms with Crippen LogP contribution < -0.4 is 5.32 Å². The van der Waals surface area contributed by atoms with Crippen molar-refractivity contribution in [2.24, 2.45) is 0 Å². The standard InChI is InChI=1S/C12H15NO/c1-9-4-2-5-10(8-9)12(14)11-6-3-7-13-11/h2,4-5,8,11,13H,3,6-7H2,1H3/t11-/m1/s1. The van der Waals surface area contributed by atoms with E-state index in [0.717, 1.165) is 30.5 Å². The van der Waals surface area contributed by atoms with Crippen molar-refractivity contribution in [3.63, 3.8) is 0 Å². The fourth-order valence-electron chi connectivity index (χ4n) is 1.91. The number of benzene rings is 1. The van der Waals surface area contributed by atoms with Crippen LogP contribution in [0.25, 0.3) is 0 Å². The van der Waals surface area contributed by atoms with Gasteiger partial charge in [-0.1, -0.05) is 23.8 Å². The van der Waals surface area contributed by atoms with Gasteiger partial charge in [-0.2, -0.15) is 0 Å². The van der Waals surface area contributed by atoms with Crippen LogP contribution in [0.4, 0.5) is 0 Å². The summed E-state index contributed by atoms with van der Waals surface area (Å²) in [4.78, 5) is 11.9. The van der Waals surface area contributed by atoms with Crippen LogP contribution in [0.5, 0.6) is 0 Å². The maximum Gasteiger partial charge on any atom is 0.179 e. The van der Waals surface area contributed by atoms with Crippen LogP contribution in [0, 0.1) is 6.92 Å². The van der Waals surface area contributed by atoms with Gasteiger partial charge in [0.1, 0.15) is 0 Å². The van der Waals surface area contributed by atoms with Gasteiger partial charge in [-0.15, -0.1) is 0 Å². The minimum Gasteiger partial charge on any atom is -0.307 e. The lowest BCUT2D eigenvalue weighted by molar-refractivity contribution is 0.0952. The van der Waals surface area contributed by atoms with E-state index in [9.17, 15) is 4.79 Å². The Morgan fingerprint density at radius 2 is 2.36 bits per heavy atom. The smallest absolute Gasteiger partial charge is 0.179 e. The van der Waals surface area contributed by atoms with Crippen molar-refractivity contribution in [3.05, 3.63) is 35.4 Å². The summed E-state index contributed by atoms with van der Waals surface area (Å²) in [6.45, 7) is 2.99. The Morgan fingerprint density at radius 1 is 1.50 bits per heavy atom. The lowest BCUT2D eigenvalue weighted by Crippen LogP contribution is -2.30. The minimum atomic E-state index is 0.0526. The first-order valence-corrected chi connectivity index (χ1v) is 5.11. The van der Waals surface area contributed by atoms with Crippen molar-refractivity contribution in [3.8, 4) is 0 Å². The summed E-state index contributed by atoms with van der Waals surface area (Å²) in [5, 5.41) is 3.22. The average Bonchev–Trinajstić information content (AvgIpc) is 2.69. The van der Waals surface area contributed by atoms with Crippen LogP contribution in [-0.2, 0) is 0 Å². The Labute approximate surface area is 84.3 Å². The number of hydrogen-bond acceptors (Lipinski definition) is 2. The highest BCUT2D eigenvalue weighted by molar-refractivity contribution is 6.00. The third-order valence-electron chi connectivity index (χ3n) is 2.68. The summed E-state index contributed by atoms with van der Waals surface area (Å²) in [5.41, 5.74) is 1.98. The highest BCUT2D eigenvalue weighted by Crippen LogP contribution is 2.13. The Balaban J connectivity index is 2.17. The molecule has 0 spiro atoms. The molecule has 1 heterocycles. The van der Waals surface area contributed by atoms with E-state index in [1.165, 1.54) is 0 Å². The van der Waals surface area contributed by atoms with E-state index in [0.29, 0.717) is 0 Å². The molecule has 2 nitrogen and oxygen atoms in total. The second-order valence-electron chi connectivity index (χ2n) is 3.88. The monoisotopic (exact) mass is 189 g/mol. The van der Waals surface area contributed by atoms with Gasteiger partial charge in [-0.25, -0.2) is 0 Å². The van der Waals surface area contributed by atoms with Crippen LogP contribution in [-0.4, -0.2) is 18.4 Å². The second-order valence-corrected chi connectivity index (χ2v) is 3.88. The van der Waals surface area contributed by atoms with Crippen LogP contribution >= 0.6 is 0 Å². The van der Waals surface area contributed by atoms with E-state index in [1.807, 2.05) is 31.2 Å². The lowest BCUT2D eigenvalue weighted by atomic mass is 10.0. The Hall–Kier alpha value is -1.15. The normalized spacial score (nSPS) is 21.1. The van der Waals surface area contributed by atoms with Gasteiger partial charge >= 0.3 is 0 Å². The van der Waals surface area contributed by atoms with E-state index < -0.39 is 0 Å². The molecule has 0 unspecified atom stereocenters. The molecular formula is C12H15NO. The van der Waals surface area contributed by atoms with E-state index in [4.69, 9.17) is 0 Å². The van der Waals surface area contributed by atoms with E-state index >= 15 is 0 Å². The second kappa shape index (κ2) is 3.93. The Morgan fingerprint density at radius 3 is 3.00 bits per heavy atom. The van der Waals surface area contributed by atoms with Crippen LogP contribution in [0.3, 0.4) is 0 Å².